The molecule has 42 heavy (non-hydrogen) atoms. The SMILES string of the molecule is O=P(c1ccccc1)(c1ccccc1)c1ccc(-n2c3ccccc3c3c4nn(-c5ccccc5)cc4ccc32)cc1. The second-order valence-corrected chi connectivity index (χ2v) is 13.2. The average Bonchev–Trinajstić information content (AvgIpc) is 3.65. The van der Waals surface area contributed by atoms with Crippen LogP contribution in [0.2, 0.25) is 0 Å². The fourth-order valence-electron chi connectivity index (χ4n) is 6.06. The van der Waals surface area contributed by atoms with Crippen LogP contribution in [-0.4, -0.2) is 14.3 Å². The summed E-state index contributed by atoms with van der Waals surface area (Å²) in [5.74, 6) is 0. The molecule has 0 saturated carbocycles. The molecule has 0 aliphatic heterocycles. The normalized spacial score (nSPS) is 11.9. The van der Waals surface area contributed by atoms with Crippen molar-refractivity contribution in [3.63, 3.8) is 0 Å². The maximum Gasteiger partial charge on any atom is 0.171 e. The molecule has 0 N–H and O–H groups in total. The van der Waals surface area contributed by atoms with Crippen LogP contribution in [0.15, 0.2) is 158 Å². The predicted octanol–water partition coefficient (Wildman–Crippen LogP) is 7.76. The number of hydrogen-bond acceptors (Lipinski definition) is 2. The summed E-state index contributed by atoms with van der Waals surface area (Å²) in [6, 6.07) is 50.9. The van der Waals surface area contributed by atoms with Crippen LogP contribution in [-0.2, 0) is 4.57 Å². The van der Waals surface area contributed by atoms with Gasteiger partial charge in [0.2, 0.25) is 0 Å². The molecule has 2 aromatic heterocycles. The van der Waals surface area contributed by atoms with Crippen molar-refractivity contribution in [3.05, 3.63) is 158 Å². The lowest BCUT2D eigenvalue weighted by molar-refractivity contribution is 0.592. The van der Waals surface area contributed by atoms with Gasteiger partial charge in [0.15, 0.2) is 7.14 Å². The first kappa shape index (κ1) is 24.6. The standard InChI is InChI=1S/C37H26N3OP/c41-42(30-14-6-2-7-15-30,31-16-8-3-9-17-31)32-23-21-29(22-24-32)40-34-19-11-10-18-33(34)36-35(40)25-20-27-26-39(38-37(27)36)28-12-4-1-5-13-28/h1-26H. The van der Waals surface area contributed by atoms with Gasteiger partial charge in [0.25, 0.3) is 0 Å². The summed E-state index contributed by atoms with van der Waals surface area (Å²) >= 11 is 0. The third-order valence-electron chi connectivity index (χ3n) is 8.04. The van der Waals surface area contributed by atoms with Gasteiger partial charge in [-0.05, 0) is 54.6 Å². The number of fused-ring (bicyclic) bond motifs is 5. The molecule has 200 valence electrons. The second-order valence-electron chi connectivity index (χ2n) is 10.5. The zero-order valence-corrected chi connectivity index (χ0v) is 23.6. The van der Waals surface area contributed by atoms with Gasteiger partial charge in [0, 0.05) is 44.0 Å². The second kappa shape index (κ2) is 9.73. The van der Waals surface area contributed by atoms with E-state index in [9.17, 15) is 4.57 Å². The first-order valence-electron chi connectivity index (χ1n) is 14.0. The fourth-order valence-corrected chi connectivity index (χ4v) is 8.71. The van der Waals surface area contributed by atoms with Gasteiger partial charge in [-0.25, -0.2) is 4.68 Å². The lowest BCUT2D eigenvalue weighted by atomic mass is 10.1. The van der Waals surface area contributed by atoms with Crippen molar-refractivity contribution in [3.8, 4) is 11.4 Å². The molecular formula is C37H26N3OP. The molecule has 8 rings (SSSR count). The van der Waals surface area contributed by atoms with Crippen molar-refractivity contribution in [2.45, 2.75) is 0 Å². The van der Waals surface area contributed by atoms with E-state index in [1.807, 2.05) is 95.7 Å². The number of aromatic nitrogens is 3. The number of hydrogen-bond donors (Lipinski definition) is 0. The molecule has 5 heteroatoms. The molecule has 0 amide bonds. The van der Waals surface area contributed by atoms with Gasteiger partial charge in [-0.3, -0.25) is 0 Å². The van der Waals surface area contributed by atoms with Crippen LogP contribution in [0.4, 0.5) is 0 Å². The van der Waals surface area contributed by atoms with Crippen LogP contribution >= 0.6 is 7.14 Å². The molecule has 0 fully saturated rings. The fraction of sp³-hybridized carbons (Fsp3) is 0. The third-order valence-corrected chi connectivity index (χ3v) is 11.1. The van der Waals surface area contributed by atoms with Crippen LogP contribution in [0.3, 0.4) is 0 Å². The highest BCUT2D eigenvalue weighted by atomic mass is 31.2. The Morgan fingerprint density at radius 2 is 1.07 bits per heavy atom. The minimum absolute atomic E-state index is 0.813. The molecule has 8 aromatic rings. The van der Waals surface area contributed by atoms with Crippen LogP contribution in [0, 0.1) is 0 Å². The average molecular weight is 560 g/mol. The summed E-state index contributed by atoms with van der Waals surface area (Å²) in [7, 11) is -3.05. The van der Waals surface area contributed by atoms with Gasteiger partial charge in [0.05, 0.1) is 16.7 Å². The quantitative estimate of drug-likeness (QED) is 0.202. The molecule has 6 aromatic carbocycles. The molecule has 0 bridgehead atoms. The first-order chi connectivity index (χ1) is 20.7. The summed E-state index contributed by atoms with van der Waals surface area (Å²) in [6.07, 6.45) is 2.09. The monoisotopic (exact) mass is 559 g/mol. The number of nitrogens with zero attached hydrogens (tertiary/aromatic N) is 3. The van der Waals surface area contributed by atoms with Crippen LogP contribution in [0.1, 0.15) is 0 Å². The van der Waals surface area contributed by atoms with E-state index in [1.165, 1.54) is 0 Å². The Balaban J connectivity index is 1.32. The summed E-state index contributed by atoms with van der Waals surface area (Å²) < 4.78 is 19.1. The molecule has 0 aliphatic carbocycles. The lowest BCUT2D eigenvalue weighted by Crippen LogP contribution is -2.24. The number of para-hydroxylation sites is 2. The Kier molecular flexibility index (Phi) is 5.70. The Morgan fingerprint density at radius 1 is 0.500 bits per heavy atom. The van der Waals surface area contributed by atoms with Gasteiger partial charge in [-0.2, -0.15) is 5.10 Å². The molecule has 4 nitrogen and oxygen atoms in total. The zero-order chi connectivity index (χ0) is 28.1. The van der Waals surface area contributed by atoms with Crippen LogP contribution in [0.5, 0.6) is 0 Å². The van der Waals surface area contributed by atoms with Gasteiger partial charge in [-0.15, -0.1) is 0 Å². The summed E-state index contributed by atoms with van der Waals surface area (Å²) in [5, 5.41) is 10.9. The molecule has 0 radical (unpaired) electrons. The molecule has 0 unspecified atom stereocenters. The van der Waals surface area contributed by atoms with E-state index in [0.29, 0.717) is 0 Å². The Hall–Kier alpha value is -5.18. The minimum atomic E-state index is -3.05. The van der Waals surface area contributed by atoms with Crippen LogP contribution < -0.4 is 15.9 Å². The Bertz CT molecular complexity index is 2210. The van der Waals surface area contributed by atoms with E-state index in [1.54, 1.807) is 0 Å². The topological polar surface area (TPSA) is 39.8 Å². The number of benzene rings is 6. The van der Waals surface area contributed by atoms with E-state index in [0.717, 1.165) is 60.0 Å². The Labute approximate surface area is 243 Å². The maximum absolute atomic E-state index is 14.9. The third kappa shape index (κ3) is 3.77. The summed E-state index contributed by atoms with van der Waals surface area (Å²) in [5.41, 5.74) is 5.21. The maximum atomic E-state index is 14.9. The van der Waals surface area contributed by atoms with E-state index in [-0.39, 0.29) is 0 Å². The van der Waals surface area contributed by atoms with Crippen molar-refractivity contribution in [1.29, 1.82) is 0 Å². The van der Waals surface area contributed by atoms with E-state index < -0.39 is 7.14 Å². The summed E-state index contributed by atoms with van der Waals surface area (Å²) in [4.78, 5) is 0. The molecule has 2 heterocycles. The lowest BCUT2D eigenvalue weighted by Gasteiger charge is -2.20. The highest BCUT2D eigenvalue weighted by molar-refractivity contribution is 7.85. The van der Waals surface area contributed by atoms with Gasteiger partial charge >= 0.3 is 0 Å². The van der Waals surface area contributed by atoms with E-state index >= 15 is 0 Å². The first-order valence-corrected chi connectivity index (χ1v) is 15.7. The van der Waals surface area contributed by atoms with E-state index in [2.05, 4.69) is 71.4 Å². The summed E-state index contributed by atoms with van der Waals surface area (Å²) in [6.45, 7) is 0. The largest absolute Gasteiger partial charge is 0.309 e. The van der Waals surface area contributed by atoms with Crippen molar-refractivity contribution in [2.24, 2.45) is 0 Å². The highest BCUT2D eigenvalue weighted by Gasteiger charge is 2.29. The molecular weight excluding hydrogens is 533 g/mol. The van der Waals surface area contributed by atoms with Gasteiger partial charge < -0.3 is 9.13 Å². The van der Waals surface area contributed by atoms with Gasteiger partial charge in [0.1, 0.15) is 5.52 Å². The number of rotatable bonds is 5. The van der Waals surface area contributed by atoms with Crippen molar-refractivity contribution in [1.82, 2.24) is 14.3 Å². The molecule has 0 saturated heterocycles. The van der Waals surface area contributed by atoms with Crippen LogP contribution in [0.25, 0.3) is 44.1 Å². The predicted molar refractivity (Wildman–Crippen MR) is 175 cm³/mol. The molecule has 0 atom stereocenters. The highest BCUT2D eigenvalue weighted by Crippen LogP contribution is 2.43. The van der Waals surface area contributed by atoms with E-state index in [4.69, 9.17) is 5.10 Å². The smallest absolute Gasteiger partial charge is 0.171 e. The minimum Gasteiger partial charge on any atom is -0.309 e. The van der Waals surface area contributed by atoms with Crippen molar-refractivity contribution >= 4 is 55.8 Å². The van der Waals surface area contributed by atoms with Gasteiger partial charge in [-0.1, -0.05) is 97.1 Å². The molecule has 0 spiro atoms. The van der Waals surface area contributed by atoms with Crippen molar-refractivity contribution in [2.75, 3.05) is 0 Å². The Morgan fingerprint density at radius 3 is 1.74 bits per heavy atom. The van der Waals surface area contributed by atoms with Crippen molar-refractivity contribution < 1.29 is 4.57 Å². The zero-order valence-electron chi connectivity index (χ0n) is 22.7. The molecule has 0 aliphatic rings.